The molecule has 1 aromatic heterocycles. The Hall–Kier alpha value is -1.58. The molecule has 146 valence electrons. The van der Waals surface area contributed by atoms with E-state index in [2.05, 4.69) is 30.2 Å². The molecular formula is C16H27ClN6O2S. The van der Waals surface area contributed by atoms with E-state index >= 15 is 0 Å². The van der Waals surface area contributed by atoms with E-state index in [1.165, 1.54) is 0 Å². The summed E-state index contributed by atoms with van der Waals surface area (Å²) in [4.78, 5) is 10.7. The Bertz CT molecular complexity index is 753. The van der Waals surface area contributed by atoms with Crippen molar-refractivity contribution in [2.24, 2.45) is 4.99 Å². The number of aliphatic imine (C=N–C) groups is 1. The molecule has 10 heteroatoms. The van der Waals surface area contributed by atoms with Crippen LogP contribution in [-0.2, 0) is 10.0 Å². The van der Waals surface area contributed by atoms with Gasteiger partial charge in [-0.25, -0.2) is 18.1 Å². The number of hydrogen-bond acceptors (Lipinski definition) is 5. The lowest BCUT2D eigenvalue weighted by atomic mass is 10.1. The molecule has 1 unspecified atom stereocenters. The second-order valence-electron chi connectivity index (χ2n) is 7.07. The maximum atomic E-state index is 11.4. The number of pyridine rings is 1. The van der Waals surface area contributed by atoms with Crippen LogP contribution < -0.4 is 20.3 Å². The summed E-state index contributed by atoms with van der Waals surface area (Å²) in [6.45, 7) is 5.65. The number of nitrogens with one attached hydrogen (secondary N) is 3. The van der Waals surface area contributed by atoms with Gasteiger partial charge in [0.1, 0.15) is 5.82 Å². The third kappa shape index (κ3) is 6.30. The van der Waals surface area contributed by atoms with Crippen molar-refractivity contribution in [1.29, 1.82) is 0 Å². The third-order valence-corrected chi connectivity index (χ3v) is 5.17. The molecule has 2 rings (SSSR count). The molecule has 2 heterocycles. The average Bonchev–Trinajstić information content (AvgIpc) is 2.98. The number of nitrogens with zero attached hydrogens (tertiary/aromatic N) is 3. The Morgan fingerprint density at radius 3 is 2.85 bits per heavy atom. The summed E-state index contributed by atoms with van der Waals surface area (Å²) in [6.07, 6.45) is 3.82. The van der Waals surface area contributed by atoms with Gasteiger partial charge in [0.25, 0.3) is 0 Å². The predicted molar refractivity (Wildman–Crippen MR) is 106 cm³/mol. The Morgan fingerprint density at radius 2 is 2.23 bits per heavy atom. The number of aromatic nitrogens is 1. The van der Waals surface area contributed by atoms with E-state index < -0.39 is 15.6 Å². The summed E-state index contributed by atoms with van der Waals surface area (Å²) >= 11 is 6.22. The van der Waals surface area contributed by atoms with Crippen LogP contribution in [-0.4, -0.2) is 63.9 Å². The van der Waals surface area contributed by atoms with Crippen molar-refractivity contribution < 1.29 is 8.42 Å². The second-order valence-corrected chi connectivity index (χ2v) is 9.22. The van der Waals surface area contributed by atoms with Crippen LogP contribution in [0, 0.1) is 0 Å². The molecule has 0 radical (unpaired) electrons. The van der Waals surface area contributed by atoms with Crippen LogP contribution in [0.15, 0.2) is 23.3 Å². The van der Waals surface area contributed by atoms with E-state index in [-0.39, 0.29) is 6.04 Å². The van der Waals surface area contributed by atoms with Gasteiger partial charge in [-0.15, -0.1) is 0 Å². The third-order valence-electron chi connectivity index (χ3n) is 3.95. The van der Waals surface area contributed by atoms with Gasteiger partial charge in [0, 0.05) is 44.5 Å². The Kier molecular flexibility index (Phi) is 6.70. The highest BCUT2D eigenvalue weighted by molar-refractivity contribution is 7.88. The summed E-state index contributed by atoms with van der Waals surface area (Å²) < 4.78 is 25.5. The lowest BCUT2D eigenvalue weighted by Crippen LogP contribution is -2.54. The highest BCUT2D eigenvalue weighted by Crippen LogP contribution is 2.25. The van der Waals surface area contributed by atoms with Gasteiger partial charge in [-0.3, -0.25) is 4.99 Å². The molecule has 1 aromatic rings. The smallest absolute Gasteiger partial charge is 0.209 e. The Labute approximate surface area is 160 Å². The zero-order valence-electron chi connectivity index (χ0n) is 15.6. The van der Waals surface area contributed by atoms with Crippen LogP contribution in [0.2, 0.25) is 5.02 Å². The number of sulfonamides is 1. The Morgan fingerprint density at radius 1 is 1.50 bits per heavy atom. The minimum Gasteiger partial charge on any atom is -0.355 e. The van der Waals surface area contributed by atoms with Crippen molar-refractivity contribution in [3.63, 3.8) is 0 Å². The van der Waals surface area contributed by atoms with Gasteiger partial charge in [0.2, 0.25) is 10.0 Å². The molecule has 1 aliphatic heterocycles. The first-order chi connectivity index (χ1) is 12.1. The van der Waals surface area contributed by atoms with Gasteiger partial charge in [0.15, 0.2) is 5.96 Å². The average molecular weight is 403 g/mol. The first-order valence-corrected chi connectivity index (χ1v) is 10.7. The molecule has 3 N–H and O–H groups in total. The molecule has 1 aliphatic rings. The molecule has 0 saturated carbocycles. The maximum Gasteiger partial charge on any atom is 0.209 e. The first kappa shape index (κ1) is 20.7. The molecule has 0 spiro atoms. The van der Waals surface area contributed by atoms with E-state index in [1.54, 1.807) is 13.2 Å². The SMILES string of the molecule is CN=C(NCC(C)(C)NS(C)(=O)=O)NC1CCN(c2ncccc2Cl)C1. The minimum absolute atomic E-state index is 0.199. The fraction of sp³-hybridized carbons (Fsp3) is 0.625. The molecule has 0 aliphatic carbocycles. The minimum atomic E-state index is -3.28. The molecule has 0 amide bonds. The molecule has 1 saturated heterocycles. The topological polar surface area (TPSA) is 98.7 Å². The van der Waals surface area contributed by atoms with Crippen LogP contribution >= 0.6 is 11.6 Å². The summed E-state index contributed by atoms with van der Waals surface area (Å²) in [5.74, 6) is 1.42. The number of guanidine groups is 1. The summed E-state index contributed by atoms with van der Waals surface area (Å²) in [5.41, 5.74) is -0.631. The summed E-state index contributed by atoms with van der Waals surface area (Å²) in [7, 11) is -1.59. The largest absolute Gasteiger partial charge is 0.355 e. The van der Waals surface area contributed by atoms with Crippen LogP contribution in [0.4, 0.5) is 5.82 Å². The lowest BCUT2D eigenvalue weighted by molar-refractivity contribution is 0.445. The first-order valence-electron chi connectivity index (χ1n) is 8.41. The van der Waals surface area contributed by atoms with E-state index in [0.717, 1.165) is 31.6 Å². The number of rotatable bonds is 6. The molecule has 8 nitrogen and oxygen atoms in total. The standard InChI is InChI=1S/C16H27ClN6O2S/c1-16(2,22-26(4,24)25)11-20-15(18-3)21-12-7-9-23(10-12)14-13(17)6-5-8-19-14/h5-6,8,12,22H,7,9-11H2,1-4H3,(H2,18,20,21). The molecule has 0 aromatic carbocycles. The van der Waals surface area contributed by atoms with Crippen molar-refractivity contribution in [2.45, 2.75) is 31.8 Å². The quantitative estimate of drug-likeness (QED) is 0.481. The van der Waals surface area contributed by atoms with Crippen molar-refractivity contribution in [1.82, 2.24) is 20.3 Å². The van der Waals surface area contributed by atoms with Gasteiger partial charge >= 0.3 is 0 Å². The summed E-state index contributed by atoms with van der Waals surface area (Å²) in [5, 5.41) is 7.19. The van der Waals surface area contributed by atoms with E-state index in [4.69, 9.17) is 11.6 Å². The molecular weight excluding hydrogens is 376 g/mol. The fourth-order valence-electron chi connectivity index (χ4n) is 2.91. The van der Waals surface area contributed by atoms with Gasteiger partial charge in [-0.1, -0.05) is 11.6 Å². The van der Waals surface area contributed by atoms with Gasteiger partial charge in [0.05, 0.1) is 11.3 Å². The van der Waals surface area contributed by atoms with Gasteiger partial charge < -0.3 is 15.5 Å². The molecule has 26 heavy (non-hydrogen) atoms. The number of anilines is 1. The van der Waals surface area contributed by atoms with E-state index in [9.17, 15) is 8.42 Å². The number of halogens is 1. The van der Waals surface area contributed by atoms with Crippen molar-refractivity contribution >= 4 is 33.4 Å². The zero-order valence-corrected chi connectivity index (χ0v) is 17.2. The van der Waals surface area contributed by atoms with Crippen molar-refractivity contribution in [3.05, 3.63) is 23.4 Å². The van der Waals surface area contributed by atoms with Gasteiger partial charge in [-0.05, 0) is 32.4 Å². The van der Waals surface area contributed by atoms with E-state index in [0.29, 0.717) is 17.5 Å². The van der Waals surface area contributed by atoms with Crippen LogP contribution in [0.25, 0.3) is 0 Å². The van der Waals surface area contributed by atoms with Crippen LogP contribution in [0.3, 0.4) is 0 Å². The van der Waals surface area contributed by atoms with Crippen molar-refractivity contribution in [3.8, 4) is 0 Å². The molecule has 1 fully saturated rings. The predicted octanol–water partition coefficient (Wildman–Crippen LogP) is 0.807. The fourth-order valence-corrected chi connectivity index (χ4v) is 4.23. The van der Waals surface area contributed by atoms with Crippen molar-refractivity contribution in [2.75, 3.05) is 37.8 Å². The lowest BCUT2D eigenvalue weighted by Gasteiger charge is -2.27. The summed E-state index contributed by atoms with van der Waals surface area (Å²) in [6, 6.07) is 3.85. The maximum absolute atomic E-state index is 11.4. The van der Waals surface area contributed by atoms with E-state index in [1.807, 2.05) is 26.0 Å². The highest BCUT2D eigenvalue weighted by Gasteiger charge is 2.26. The second kappa shape index (κ2) is 8.41. The van der Waals surface area contributed by atoms with Crippen LogP contribution in [0.1, 0.15) is 20.3 Å². The number of hydrogen-bond donors (Lipinski definition) is 3. The molecule has 1 atom stereocenters. The zero-order chi connectivity index (χ0) is 19.4. The monoisotopic (exact) mass is 402 g/mol. The Balaban J connectivity index is 1.88. The normalized spacial score (nSPS) is 18.9. The highest BCUT2D eigenvalue weighted by atomic mass is 35.5. The molecule has 0 bridgehead atoms. The van der Waals surface area contributed by atoms with Gasteiger partial charge in [-0.2, -0.15) is 0 Å². The van der Waals surface area contributed by atoms with Crippen LogP contribution in [0.5, 0.6) is 0 Å².